The zero-order chi connectivity index (χ0) is 31.8. The van der Waals surface area contributed by atoms with Gasteiger partial charge in [0, 0.05) is 13.0 Å². The van der Waals surface area contributed by atoms with Gasteiger partial charge in [0.15, 0.2) is 23.7 Å². The number of rotatable bonds is 14. The first kappa shape index (κ1) is 42.1. The quantitative estimate of drug-likeness (QED) is 0.137. The third-order valence-electron chi connectivity index (χ3n) is 4.51. The topological polar surface area (TPSA) is 217 Å². The van der Waals surface area contributed by atoms with Gasteiger partial charge in [-0.2, -0.15) is 0 Å². The van der Waals surface area contributed by atoms with Crippen LogP contribution in [0.1, 0.15) is 66.9 Å². The molecule has 0 aliphatic rings. The van der Waals surface area contributed by atoms with E-state index < -0.39 is 41.9 Å². The highest BCUT2D eigenvalue weighted by molar-refractivity contribution is 6.04. The van der Waals surface area contributed by atoms with Crippen LogP contribution < -0.4 is 16.4 Å². The van der Waals surface area contributed by atoms with Crippen LogP contribution in [-0.2, 0) is 49.6 Å². The Hall–Kier alpha value is -4.33. The van der Waals surface area contributed by atoms with Gasteiger partial charge in [0.1, 0.15) is 6.61 Å². The van der Waals surface area contributed by atoms with Crippen molar-refractivity contribution in [3.8, 4) is 0 Å². The van der Waals surface area contributed by atoms with E-state index in [1.54, 1.807) is 13.8 Å². The molecule has 2 atom stereocenters. The molecule has 0 aliphatic heterocycles. The fourth-order valence-electron chi connectivity index (χ4n) is 2.46. The van der Waals surface area contributed by atoms with E-state index >= 15 is 0 Å². The molecule has 0 fully saturated rings. The van der Waals surface area contributed by atoms with E-state index in [-0.39, 0.29) is 51.9 Å². The molecule has 0 saturated heterocycles. The van der Waals surface area contributed by atoms with Gasteiger partial charge in [-0.1, -0.05) is 44.7 Å². The summed E-state index contributed by atoms with van der Waals surface area (Å²) in [4.78, 5) is 75.8. The molecular formula is C28H45N3O11. The SMILES string of the molecule is C.CCCC(=O)NC(C(C)=O)C(=O)OCC.CCOC(=O)C(N)C(C)=O.O=C(O)CCNC(=O)OCc1ccccc1. The number of hydrogen-bond acceptors (Lipinski definition) is 11. The molecule has 1 rings (SSSR count). The maximum Gasteiger partial charge on any atom is 0.407 e. The Kier molecular flexibility index (Phi) is 25.7. The molecule has 2 amide bonds. The Balaban J connectivity index is -0.000000552. The summed E-state index contributed by atoms with van der Waals surface area (Å²) >= 11 is 0. The number of aliphatic carboxylic acids is 1. The predicted octanol–water partition coefficient (Wildman–Crippen LogP) is 1.91. The number of hydrogen-bond donors (Lipinski definition) is 4. The van der Waals surface area contributed by atoms with Crippen molar-refractivity contribution in [1.82, 2.24) is 10.6 Å². The summed E-state index contributed by atoms with van der Waals surface area (Å²) in [6, 6.07) is 6.97. The van der Waals surface area contributed by atoms with Crippen LogP contribution in [0.3, 0.4) is 0 Å². The van der Waals surface area contributed by atoms with Crippen molar-refractivity contribution in [2.45, 2.75) is 80.0 Å². The van der Waals surface area contributed by atoms with E-state index in [1.165, 1.54) is 13.8 Å². The van der Waals surface area contributed by atoms with Crippen LogP contribution in [0.2, 0.25) is 0 Å². The average Bonchev–Trinajstić information content (AvgIpc) is 2.91. The summed E-state index contributed by atoms with van der Waals surface area (Å²) in [7, 11) is 0. The lowest BCUT2D eigenvalue weighted by Gasteiger charge is -2.13. The van der Waals surface area contributed by atoms with Gasteiger partial charge in [-0.3, -0.25) is 19.2 Å². The van der Waals surface area contributed by atoms with Crippen LogP contribution in [-0.4, -0.2) is 78.4 Å². The molecule has 238 valence electrons. The summed E-state index contributed by atoms with van der Waals surface area (Å²) < 4.78 is 14.0. The summed E-state index contributed by atoms with van der Waals surface area (Å²) in [5.74, 6) is -3.42. The minimum atomic E-state index is -1.16. The number of alkyl carbamates (subject to hydrolysis) is 1. The fraction of sp³-hybridized carbons (Fsp3) is 0.536. The lowest BCUT2D eigenvalue weighted by molar-refractivity contribution is -0.150. The predicted molar refractivity (Wildman–Crippen MR) is 153 cm³/mol. The van der Waals surface area contributed by atoms with Gasteiger partial charge in [-0.15, -0.1) is 0 Å². The number of nitrogens with one attached hydrogen (secondary N) is 2. The monoisotopic (exact) mass is 599 g/mol. The van der Waals surface area contributed by atoms with Crippen molar-refractivity contribution < 1.29 is 52.9 Å². The number of carbonyl (C=O) groups is 7. The Labute approximate surface area is 246 Å². The second kappa shape index (κ2) is 25.6. The summed E-state index contributed by atoms with van der Waals surface area (Å²) in [5.41, 5.74) is 6.01. The van der Waals surface area contributed by atoms with Crippen LogP contribution in [0.4, 0.5) is 4.79 Å². The van der Waals surface area contributed by atoms with Gasteiger partial charge in [0.2, 0.25) is 5.91 Å². The molecule has 0 heterocycles. The zero-order valence-electron chi connectivity index (χ0n) is 24.1. The highest BCUT2D eigenvalue weighted by Gasteiger charge is 2.26. The third-order valence-corrected chi connectivity index (χ3v) is 4.51. The maximum atomic E-state index is 11.3. The highest BCUT2D eigenvalue weighted by Crippen LogP contribution is 2.00. The molecular weight excluding hydrogens is 554 g/mol. The molecule has 1 aromatic rings. The van der Waals surface area contributed by atoms with Crippen LogP contribution in [0.25, 0.3) is 0 Å². The Bertz CT molecular complexity index is 985. The first-order valence-corrected chi connectivity index (χ1v) is 12.9. The van der Waals surface area contributed by atoms with Crippen LogP contribution in [0.5, 0.6) is 0 Å². The van der Waals surface area contributed by atoms with E-state index in [0.29, 0.717) is 12.8 Å². The van der Waals surface area contributed by atoms with Gasteiger partial charge in [0.05, 0.1) is 19.6 Å². The summed E-state index contributed by atoms with van der Waals surface area (Å²) in [6.45, 7) is 8.32. The van der Waals surface area contributed by atoms with Gasteiger partial charge < -0.3 is 35.7 Å². The Morgan fingerprint density at radius 2 is 1.38 bits per heavy atom. The zero-order valence-corrected chi connectivity index (χ0v) is 24.1. The average molecular weight is 600 g/mol. The molecule has 5 N–H and O–H groups in total. The van der Waals surface area contributed by atoms with Crippen molar-refractivity contribution in [2.24, 2.45) is 5.73 Å². The van der Waals surface area contributed by atoms with Crippen LogP contribution in [0.15, 0.2) is 30.3 Å². The minimum Gasteiger partial charge on any atom is -0.481 e. The third kappa shape index (κ3) is 22.5. The van der Waals surface area contributed by atoms with Crippen LogP contribution in [0, 0.1) is 0 Å². The largest absolute Gasteiger partial charge is 0.481 e. The molecule has 14 nitrogen and oxygen atoms in total. The van der Waals surface area contributed by atoms with Crippen molar-refractivity contribution in [3.63, 3.8) is 0 Å². The maximum absolute atomic E-state index is 11.3. The standard InChI is InChI=1S/C11H13NO4.C10H17NO4.C6H11NO3.CH4/c13-10(14)6-7-12-11(15)16-8-9-4-2-1-3-5-9;1-4-6-8(13)11-9(7(3)12)10(14)15-5-2;1-3-10-6(9)5(7)4(2)8;/h1-5H,6-8H2,(H,12,15)(H,13,14);9H,4-6H2,1-3H3,(H,11,13);5H,3,7H2,1-2H3;1H4. The first-order chi connectivity index (χ1) is 19.3. The lowest BCUT2D eigenvalue weighted by Crippen LogP contribution is -2.46. The van der Waals surface area contributed by atoms with Crippen molar-refractivity contribution >= 4 is 41.5 Å². The van der Waals surface area contributed by atoms with E-state index in [0.717, 1.165) is 5.56 Å². The van der Waals surface area contributed by atoms with Gasteiger partial charge in [-0.05, 0) is 39.7 Å². The molecule has 0 bridgehead atoms. The van der Waals surface area contributed by atoms with Crippen molar-refractivity contribution in [2.75, 3.05) is 19.8 Å². The van der Waals surface area contributed by atoms with Gasteiger partial charge >= 0.3 is 24.0 Å². The molecule has 0 radical (unpaired) electrons. The normalized spacial score (nSPS) is 10.7. The molecule has 2 unspecified atom stereocenters. The molecule has 0 aromatic heterocycles. The number of amides is 2. The molecule has 0 aliphatic carbocycles. The molecule has 42 heavy (non-hydrogen) atoms. The minimum absolute atomic E-state index is 0. The van der Waals surface area contributed by atoms with E-state index in [4.69, 9.17) is 15.6 Å². The number of ketones is 2. The van der Waals surface area contributed by atoms with Crippen LogP contribution >= 0.6 is 0 Å². The summed E-state index contributed by atoms with van der Waals surface area (Å²) in [5, 5.41) is 13.0. The Morgan fingerprint density at radius 3 is 1.83 bits per heavy atom. The second-order valence-corrected chi connectivity index (χ2v) is 8.09. The van der Waals surface area contributed by atoms with Crippen molar-refractivity contribution in [3.05, 3.63) is 35.9 Å². The molecule has 14 heteroatoms. The highest BCUT2D eigenvalue weighted by atomic mass is 16.5. The van der Waals surface area contributed by atoms with E-state index in [9.17, 15) is 33.6 Å². The van der Waals surface area contributed by atoms with Crippen molar-refractivity contribution in [1.29, 1.82) is 0 Å². The number of carbonyl (C=O) groups excluding carboxylic acids is 6. The second-order valence-electron chi connectivity index (χ2n) is 8.09. The number of esters is 2. The number of Topliss-reactive ketones (excluding diaryl/α,β-unsaturated/α-hetero) is 2. The van der Waals surface area contributed by atoms with E-state index in [1.807, 2.05) is 37.3 Å². The molecule has 0 saturated carbocycles. The number of benzene rings is 1. The number of carboxylic acids is 1. The summed E-state index contributed by atoms with van der Waals surface area (Å²) in [6.07, 6.45) is 0.244. The molecule has 0 spiro atoms. The first-order valence-electron chi connectivity index (χ1n) is 12.9. The fourth-order valence-corrected chi connectivity index (χ4v) is 2.46. The smallest absolute Gasteiger partial charge is 0.407 e. The number of ether oxygens (including phenoxy) is 3. The van der Waals surface area contributed by atoms with Gasteiger partial charge in [0.25, 0.3) is 0 Å². The number of nitrogens with two attached hydrogens (primary N) is 1. The lowest BCUT2D eigenvalue weighted by atomic mass is 10.2. The molecule has 1 aromatic carbocycles. The number of carboxylic acid groups (broad SMARTS) is 1. The van der Waals surface area contributed by atoms with E-state index in [2.05, 4.69) is 20.1 Å². The Morgan fingerprint density at radius 1 is 0.833 bits per heavy atom. The van der Waals surface area contributed by atoms with Gasteiger partial charge in [-0.25, -0.2) is 14.4 Å².